The van der Waals surface area contributed by atoms with Crippen LogP contribution in [0.4, 0.5) is 11.8 Å². The normalized spacial score (nSPS) is 12.8. The van der Waals surface area contributed by atoms with Crippen LogP contribution in [-0.2, 0) is 13.0 Å². The summed E-state index contributed by atoms with van der Waals surface area (Å²) in [6, 6.07) is 15.2. The highest BCUT2D eigenvalue weighted by Crippen LogP contribution is 2.39. The lowest BCUT2D eigenvalue weighted by molar-refractivity contribution is 0.696. The lowest BCUT2D eigenvalue weighted by Crippen LogP contribution is -2.07. The van der Waals surface area contributed by atoms with Crippen molar-refractivity contribution in [2.24, 2.45) is 0 Å². The van der Waals surface area contributed by atoms with Crippen LogP contribution in [0.1, 0.15) is 16.7 Å². The van der Waals surface area contributed by atoms with Crippen LogP contribution in [-0.4, -0.2) is 19.7 Å². The van der Waals surface area contributed by atoms with Gasteiger partial charge < -0.3 is 11.5 Å². The zero-order valence-corrected chi connectivity index (χ0v) is 17.2. The van der Waals surface area contributed by atoms with E-state index in [4.69, 9.17) is 11.5 Å². The lowest BCUT2D eigenvalue weighted by Gasteiger charge is -2.19. The molecule has 27 heavy (non-hydrogen) atoms. The van der Waals surface area contributed by atoms with Gasteiger partial charge in [0.15, 0.2) is 5.65 Å². The summed E-state index contributed by atoms with van der Waals surface area (Å²) in [4.78, 5) is 11.0. The molecule has 4 aromatic rings. The summed E-state index contributed by atoms with van der Waals surface area (Å²) in [6.07, 6.45) is 0.974. The molecule has 1 aliphatic heterocycles. The fourth-order valence-corrected chi connectivity index (χ4v) is 5.28. The van der Waals surface area contributed by atoms with E-state index < -0.39 is 0 Å². The minimum absolute atomic E-state index is 0.162. The number of nitrogens with two attached hydrogens (primary N) is 2. The van der Waals surface area contributed by atoms with E-state index in [1.807, 2.05) is 16.4 Å². The first kappa shape index (κ1) is 16.8. The molecule has 0 saturated heterocycles. The Bertz CT molecular complexity index is 1200. The number of anilines is 2. The maximum Gasteiger partial charge on any atom is 0.224 e. The van der Waals surface area contributed by atoms with E-state index in [9.17, 15) is 0 Å². The highest BCUT2D eigenvalue weighted by Gasteiger charge is 2.18. The van der Waals surface area contributed by atoms with E-state index in [0.717, 1.165) is 21.1 Å². The van der Waals surface area contributed by atoms with Gasteiger partial charge in [-0.05, 0) is 57.8 Å². The van der Waals surface area contributed by atoms with Gasteiger partial charge in [-0.1, -0.05) is 42.1 Å². The molecule has 2 aromatic carbocycles. The van der Waals surface area contributed by atoms with E-state index >= 15 is 0 Å². The van der Waals surface area contributed by atoms with Gasteiger partial charge in [-0.2, -0.15) is 15.1 Å². The molecule has 0 radical (unpaired) electrons. The highest BCUT2D eigenvalue weighted by molar-refractivity contribution is 14.1. The molecule has 0 fully saturated rings. The quantitative estimate of drug-likeness (QED) is 0.370. The molecule has 5 rings (SSSR count). The van der Waals surface area contributed by atoms with Crippen molar-refractivity contribution in [2.75, 3.05) is 11.5 Å². The van der Waals surface area contributed by atoms with Crippen molar-refractivity contribution in [3.63, 3.8) is 0 Å². The Kier molecular flexibility index (Phi) is 3.97. The molecule has 3 heterocycles. The number of benzene rings is 2. The van der Waals surface area contributed by atoms with Crippen molar-refractivity contribution < 1.29 is 0 Å². The number of aromatic nitrogens is 4. The van der Waals surface area contributed by atoms with E-state index in [-0.39, 0.29) is 5.95 Å². The van der Waals surface area contributed by atoms with Crippen LogP contribution in [0.2, 0.25) is 0 Å². The second kappa shape index (κ2) is 6.38. The summed E-state index contributed by atoms with van der Waals surface area (Å²) in [5.74, 6) is 0.529. The topological polar surface area (TPSA) is 95.6 Å². The summed E-state index contributed by atoms with van der Waals surface area (Å²) in [5.41, 5.74) is 16.4. The number of nitrogens with zero attached hydrogens (tertiary/aromatic N) is 4. The van der Waals surface area contributed by atoms with Crippen molar-refractivity contribution in [1.29, 1.82) is 0 Å². The molecule has 8 heteroatoms. The SMILES string of the molecule is Nc1nc(N)c2c(I)nn(Cc3ccc4c(c3)Sc3ccccc3C4)c2n1. The largest absolute Gasteiger partial charge is 0.383 e. The number of fused-ring (bicyclic) bond motifs is 3. The van der Waals surface area contributed by atoms with Crippen LogP contribution in [0.15, 0.2) is 52.3 Å². The Morgan fingerprint density at radius 2 is 1.85 bits per heavy atom. The smallest absolute Gasteiger partial charge is 0.224 e. The maximum absolute atomic E-state index is 6.01. The van der Waals surface area contributed by atoms with Crippen molar-refractivity contribution in [3.8, 4) is 0 Å². The van der Waals surface area contributed by atoms with Gasteiger partial charge in [0.2, 0.25) is 5.95 Å². The summed E-state index contributed by atoms with van der Waals surface area (Å²) >= 11 is 3.98. The fourth-order valence-electron chi connectivity index (χ4n) is 3.37. The molecule has 0 spiro atoms. The zero-order chi connectivity index (χ0) is 18.5. The second-order valence-electron chi connectivity index (χ2n) is 6.44. The van der Waals surface area contributed by atoms with Gasteiger partial charge in [-0.25, -0.2) is 4.68 Å². The van der Waals surface area contributed by atoms with Crippen molar-refractivity contribution in [2.45, 2.75) is 22.8 Å². The summed E-state index contributed by atoms with van der Waals surface area (Å²) < 4.78 is 2.62. The number of hydrogen-bond acceptors (Lipinski definition) is 6. The first-order valence-corrected chi connectivity index (χ1v) is 10.3. The molecule has 0 bridgehead atoms. The first-order valence-electron chi connectivity index (χ1n) is 8.41. The van der Waals surface area contributed by atoms with Crippen molar-refractivity contribution in [3.05, 3.63) is 62.9 Å². The van der Waals surface area contributed by atoms with Crippen LogP contribution in [0.5, 0.6) is 0 Å². The minimum Gasteiger partial charge on any atom is -0.383 e. The third-order valence-corrected chi connectivity index (χ3v) is 6.61. The van der Waals surface area contributed by atoms with Gasteiger partial charge >= 0.3 is 0 Å². The van der Waals surface area contributed by atoms with Crippen LogP contribution in [0.3, 0.4) is 0 Å². The number of halogens is 1. The van der Waals surface area contributed by atoms with E-state index in [0.29, 0.717) is 18.0 Å². The molecule has 0 aliphatic carbocycles. The predicted octanol–water partition coefficient (Wildman–Crippen LogP) is 3.70. The van der Waals surface area contributed by atoms with Crippen LogP contribution < -0.4 is 11.5 Å². The third-order valence-electron chi connectivity index (χ3n) is 4.63. The Labute approximate surface area is 173 Å². The third kappa shape index (κ3) is 2.92. The Hall–Kier alpha value is -2.33. The minimum atomic E-state index is 0.162. The van der Waals surface area contributed by atoms with Gasteiger partial charge in [0.25, 0.3) is 0 Å². The summed E-state index contributed by atoms with van der Waals surface area (Å²) in [6.45, 7) is 0.602. The van der Waals surface area contributed by atoms with Crippen LogP contribution >= 0.6 is 34.4 Å². The predicted molar refractivity (Wildman–Crippen MR) is 116 cm³/mol. The molecule has 134 valence electrons. The molecule has 1 aliphatic rings. The molecule has 4 N–H and O–H groups in total. The molecule has 0 saturated carbocycles. The average Bonchev–Trinajstić information content (AvgIpc) is 2.95. The van der Waals surface area contributed by atoms with E-state index in [2.05, 4.69) is 80.1 Å². The van der Waals surface area contributed by atoms with E-state index in [1.54, 1.807) is 0 Å². The fraction of sp³-hybridized carbons (Fsp3) is 0.105. The molecule has 0 amide bonds. The molecular weight excluding hydrogens is 471 g/mol. The molecule has 6 nitrogen and oxygen atoms in total. The molecule has 0 atom stereocenters. The maximum atomic E-state index is 6.01. The standard InChI is InChI=1S/C19H15IN6S/c20-16-15-17(21)23-19(22)24-18(15)26(25-16)9-10-5-6-12-8-11-3-1-2-4-13(11)27-14(12)7-10/h1-7H,8-9H2,(H4,21,22,23,24). The number of nitrogen functional groups attached to an aromatic ring is 2. The average molecular weight is 486 g/mol. The number of rotatable bonds is 2. The number of hydrogen-bond donors (Lipinski definition) is 2. The molecule has 0 unspecified atom stereocenters. The zero-order valence-electron chi connectivity index (χ0n) is 14.2. The van der Waals surface area contributed by atoms with Gasteiger partial charge in [0, 0.05) is 9.79 Å². The van der Waals surface area contributed by atoms with Crippen LogP contribution in [0.25, 0.3) is 11.0 Å². The Morgan fingerprint density at radius 1 is 1.04 bits per heavy atom. The summed E-state index contributed by atoms with van der Waals surface area (Å²) in [5, 5.41) is 5.35. The molecular formula is C19H15IN6S. The second-order valence-corrected chi connectivity index (χ2v) is 8.55. The summed E-state index contributed by atoms with van der Waals surface area (Å²) in [7, 11) is 0. The van der Waals surface area contributed by atoms with Crippen LogP contribution in [0, 0.1) is 3.70 Å². The molecule has 2 aromatic heterocycles. The van der Waals surface area contributed by atoms with Gasteiger partial charge in [0.1, 0.15) is 9.52 Å². The monoisotopic (exact) mass is 486 g/mol. The lowest BCUT2D eigenvalue weighted by atomic mass is 10.0. The van der Waals surface area contributed by atoms with Crippen molar-refractivity contribution in [1.82, 2.24) is 19.7 Å². The Morgan fingerprint density at radius 3 is 2.74 bits per heavy atom. The van der Waals surface area contributed by atoms with Gasteiger partial charge in [-0.3, -0.25) is 0 Å². The van der Waals surface area contributed by atoms with Gasteiger partial charge in [-0.15, -0.1) is 0 Å². The van der Waals surface area contributed by atoms with Gasteiger partial charge in [0.05, 0.1) is 11.9 Å². The Balaban J connectivity index is 1.52. The first-order chi connectivity index (χ1) is 13.1. The van der Waals surface area contributed by atoms with Crippen molar-refractivity contribution >= 4 is 57.2 Å². The highest BCUT2D eigenvalue weighted by atomic mass is 127. The van der Waals surface area contributed by atoms with E-state index in [1.165, 1.54) is 20.9 Å².